The monoisotopic (exact) mass is 348 g/mol. The first-order valence-corrected chi connectivity index (χ1v) is 9.35. The number of ether oxygens (including phenoxy) is 2. The number of aliphatic hydroxyl groups excluding tert-OH is 1. The molecule has 5 nitrogen and oxygen atoms in total. The van der Waals surface area contributed by atoms with Gasteiger partial charge in [-0.2, -0.15) is 0 Å². The van der Waals surface area contributed by atoms with Crippen LogP contribution in [0.1, 0.15) is 38.2 Å². The van der Waals surface area contributed by atoms with Gasteiger partial charge in [0.1, 0.15) is 18.1 Å². The molecule has 2 fully saturated rings. The molecule has 6 unspecified atom stereocenters. The molecule has 1 aromatic rings. The van der Waals surface area contributed by atoms with E-state index in [1.807, 2.05) is 30.3 Å². The van der Waals surface area contributed by atoms with E-state index in [0.717, 1.165) is 36.0 Å². The molecule has 2 heterocycles. The summed E-state index contributed by atoms with van der Waals surface area (Å²) in [7, 11) is 2.25. The summed E-state index contributed by atoms with van der Waals surface area (Å²) in [6, 6.07) is 9.81. The number of hydrogen-bond acceptors (Lipinski definition) is 4. The summed E-state index contributed by atoms with van der Waals surface area (Å²) in [4.78, 5) is 12.7. The zero-order valence-corrected chi connectivity index (χ0v) is 15.4. The fourth-order valence-electron chi connectivity index (χ4n) is 4.21. The van der Waals surface area contributed by atoms with E-state index in [2.05, 4.69) is 20.9 Å². The third-order valence-electron chi connectivity index (χ3n) is 6.08. The normalized spacial score (nSPS) is 34.9. The molecule has 0 radical (unpaired) electrons. The Morgan fingerprint density at radius 2 is 2.08 bits per heavy atom. The molecule has 1 aromatic carbocycles. The fraction of sp³-hybridized carbons (Fsp3) is 0.650. The summed E-state index contributed by atoms with van der Waals surface area (Å²) in [5.74, 6) is -0.956. The van der Waals surface area contributed by atoms with Crippen molar-refractivity contribution in [2.75, 3.05) is 26.8 Å². The van der Waals surface area contributed by atoms with E-state index in [-0.39, 0.29) is 36.9 Å². The molecule has 0 bridgehead atoms. The Morgan fingerprint density at radius 1 is 1.40 bits per heavy atom. The van der Waals surface area contributed by atoms with Gasteiger partial charge in [0.15, 0.2) is 6.04 Å². The number of esters is 1. The lowest BCUT2D eigenvalue weighted by atomic mass is 9.83. The van der Waals surface area contributed by atoms with Crippen LogP contribution in [0.25, 0.3) is 0 Å². The van der Waals surface area contributed by atoms with Gasteiger partial charge in [0.05, 0.1) is 26.8 Å². The molecule has 3 rings (SSSR count). The van der Waals surface area contributed by atoms with Crippen LogP contribution >= 0.6 is 0 Å². The molecule has 0 amide bonds. The summed E-state index contributed by atoms with van der Waals surface area (Å²) in [5, 5.41) is 9.70. The van der Waals surface area contributed by atoms with Crippen molar-refractivity contribution in [3.63, 3.8) is 0 Å². The van der Waals surface area contributed by atoms with Crippen LogP contribution in [0.3, 0.4) is 0 Å². The summed E-state index contributed by atoms with van der Waals surface area (Å²) in [5.41, 5.74) is 0.796. The van der Waals surface area contributed by atoms with Gasteiger partial charge in [0, 0.05) is 0 Å². The predicted octanol–water partition coefficient (Wildman–Crippen LogP) is 2.09. The quantitative estimate of drug-likeness (QED) is 0.444. The minimum atomic E-state index is -0.621. The van der Waals surface area contributed by atoms with Crippen LogP contribution in [0.15, 0.2) is 30.3 Å². The number of unbranched alkanes of at least 4 members (excludes halogenated alkanes) is 1. The van der Waals surface area contributed by atoms with Gasteiger partial charge < -0.3 is 19.1 Å². The van der Waals surface area contributed by atoms with E-state index in [9.17, 15) is 9.90 Å². The lowest BCUT2D eigenvalue weighted by molar-refractivity contribution is -1.01. The molecular formula is C20H30NO4+. The summed E-state index contributed by atoms with van der Waals surface area (Å²) in [6.45, 7) is 5.95. The third kappa shape index (κ3) is 3.46. The Morgan fingerprint density at radius 3 is 2.64 bits per heavy atom. The van der Waals surface area contributed by atoms with Gasteiger partial charge in [0.25, 0.3) is 0 Å². The molecule has 5 heteroatoms. The van der Waals surface area contributed by atoms with E-state index in [1.54, 1.807) is 0 Å². The molecule has 0 aliphatic carbocycles. The predicted molar refractivity (Wildman–Crippen MR) is 95.1 cm³/mol. The first-order chi connectivity index (χ1) is 12.0. The second-order valence-electron chi connectivity index (χ2n) is 7.57. The molecule has 2 aliphatic heterocycles. The minimum Gasteiger partial charge on any atom is -0.449 e. The molecule has 1 N–H and O–H groups in total. The lowest BCUT2D eigenvalue weighted by Crippen LogP contribution is -2.79. The number of quaternary nitrogens is 1. The van der Waals surface area contributed by atoms with Gasteiger partial charge in [-0.05, 0) is 18.9 Å². The number of carbonyl (C=O) groups excluding carboxylic acids is 1. The standard InChI is InChI=1S/C20H30NO4/c1-4-5-11-21(3)14(2)19(18(21)17-13-24-17)25-20(23)16(12-22)15-9-7-6-8-10-15/h6-10,14,16-19,22H,4-5,11-13H2,1-3H3/q+1. The summed E-state index contributed by atoms with van der Waals surface area (Å²) >= 11 is 0. The van der Waals surface area contributed by atoms with E-state index in [0.29, 0.717) is 0 Å². The lowest BCUT2D eigenvalue weighted by Gasteiger charge is -2.58. The molecular weight excluding hydrogens is 318 g/mol. The Labute approximate surface area is 150 Å². The average Bonchev–Trinajstić information content (AvgIpc) is 3.45. The Kier molecular flexibility index (Phi) is 5.46. The molecule has 0 aromatic heterocycles. The first kappa shape index (κ1) is 18.4. The van der Waals surface area contributed by atoms with Crippen molar-refractivity contribution in [3.8, 4) is 0 Å². The van der Waals surface area contributed by atoms with E-state index in [1.165, 1.54) is 0 Å². The Bertz CT molecular complexity index is 589. The molecule has 0 saturated carbocycles. The Hall–Kier alpha value is -1.43. The molecule has 138 valence electrons. The minimum absolute atomic E-state index is 0.139. The largest absolute Gasteiger partial charge is 0.449 e. The van der Waals surface area contributed by atoms with Crippen LogP contribution in [-0.4, -0.2) is 66.7 Å². The van der Waals surface area contributed by atoms with Gasteiger partial charge in [-0.3, -0.25) is 4.79 Å². The number of likely N-dealkylation sites (tertiary alicyclic amines) is 1. The van der Waals surface area contributed by atoms with Gasteiger partial charge in [-0.15, -0.1) is 0 Å². The zero-order valence-electron chi connectivity index (χ0n) is 15.4. The van der Waals surface area contributed by atoms with E-state index in [4.69, 9.17) is 9.47 Å². The second-order valence-corrected chi connectivity index (χ2v) is 7.57. The molecule has 6 atom stereocenters. The molecule has 25 heavy (non-hydrogen) atoms. The van der Waals surface area contributed by atoms with Crippen molar-refractivity contribution in [1.29, 1.82) is 0 Å². The number of nitrogens with zero attached hydrogens (tertiary/aromatic N) is 1. The highest BCUT2D eigenvalue weighted by Crippen LogP contribution is 2.43. The van der Waals surface area contributed by atoms with E-state index >= 15 is 0 Å². The van der Waals surface area contributed by atoms with Crippen molar-refractivity contribution in [2.45, 2.75) is 56.9 Å². The SMILES string of the molecule is CCCC[N+]1(C)C(C)C(OC(=O)C(CO)c2ccccc2)C1C1CO1. The summed E-state index contributed by atoms with van der Waals surface area (Å²) in [6.07, 6.45) is 2.37. The first-order valence-electron chi connectivity index (χ1n) is 9.35. The number of rotatable bonds is 8. The van der Waals surface area contributed by atoms with Crippen molar-refractivity contribution in [3.05, 3.63) is 35.9 Å². The zero-order chi connectivity index (χ0) is 18.0. The van der Waals surface area contributed by atoms with Crippen molar-refractivity contribution < 1.29 is 23.9 Å². The fourth-order valence-corrected chi connectivity index (χ4v) is 4.21. The van der Waals surface area contributed by atoms with Crippen LogP contribution in [-0.2, 0) is 14.3 Å². The van der Waals surface area contributed by atoms with Crippen molar-refractivity contribution in [1.82, 2.24) is 0 Å². The number of epoxide rings is 1. The van der Waals surface area contributed by atoms with Crippen LogP contribution in [0.2, 0.25) is 0 Å². The van der Waals surface area contributed by atoms with Gasteiger partial charge in [0.2, 0.25) is 6.10 Å². The van der Waals surface area contributed by atoms with Crippen LogP contribution in [0.5, 0.6) is 0 Å². The Balaban J connectivity index is 1.70. The second kappa shape index (κ2) is 7.44. The highest BCUT2D eigenvalue weighted by molar-refractivity contribution is 5.78. The van der Waals surface area contributed by atoms with Gasteiger partial charge >= 0.3 is 5.97 Å². The van der Waals surface area contributed by atoms with Crippen LogP contribution < -0.4 is 0 Å². The number of likely N-dealkylation sites (N-methyl/N-ethyl adjacent to an activating group) is 1. The van der Waals surface area contributed by atoms with Crippen molar-refractivity contribution in [2.24, 2.45) is 0 Å². The smallest absolute Gasteiger partial charge is 0.316 e. The average molecular weight is 348 g/mol. The number of carbonyl (C=O) groups is 1. The number of hydrogen-bond donors (Lipinski definition) is 1. The number of aliphatic hydroxyl groups is 1. The van der Waals surface area contributed by atoms with Crippen LogP contribution in [0, 0.1) is 0 Å². The highest BCUT2D eigenvalue weighted by atomic mass is 16.6. The van der Waals surface area contributed by atoms with E-state index < -0.39 is 5.92 Å². The molecule has 2 saturated heterocycles. The highest BCUT2D eigenvalue weighted by Gasteiger charge is 2.66. The maximum Gasteiger partial charge on any atom is 0.316 e. The van der Waals surface area contributed by atoms with Crippen LogP contribution in [0.4, 0.5) is 0 Å². The molecule has 0 spiro atoms. The third-order valence-corrected chi connectivity index (χ3v) is 6.08. The summed E-state index contributed by atoms with van der Waals surface area (Å²) < 4.78 is 12.4. The van der Waals surface area contributed by atoms with Gasteiger partial charge in [-0.1, -0.05) is 43.7 Å². The maximum atomic E-state index is 12.7. The van der Waals surface area contributed by atoms with Crippen molar-refractivity contribution >= 4 is 5.97 Å². The maximum absolute atomic E-state index is 12.7. The molecule has 2 aliphatic rings. The topological polar surface area (TPSA) is 59.1 Å². The van der Waals surface area contributed by atoms with Gasteiger partial charge in [-0.25, -0.2) is 0 Å². The number of benzene rings is 1.